The summed E-state index contributed by atoms with van der Waals surface area (Å²) in [5.41, 5.74) is 6.81. The van der Waals surface area contributed by atoms with E-state index >= 15 is 0 Å². The maximum atomic E-state index is 9.44. The highest BCUT2D eigenvalue weighted by atomic mass is 16.5. The fraction of sp³-hybridized carbons (Fsp3) is 0.714. The summed E-state index contributed by atoms with van der Waals surface area (Å²) in [6.45, 7) is 8.63. The Balaban J connectivity index is 2.65. The van der Waals surface area contributed by atoms with Crippen LogP contribution in [-0.4, -0.2) is 30.5 Å². The van der Waals surface area contributed by atoms with Gasteiger partial charge in [0.25, 0.3) is 0 Å². The lowest BCUT2D eigenvalue weighted by Gasteiger charge is -2.25. The van der Waals surface area contributed by atoms with Crippen molar-refractivity contribution in [3.63, 3.8) is 0 Å². The number of benzene rings is 1. The Morgan fingerprint density at radius 1 is 1.16 bits per heavy atom. The van der Waals surface area contributed by atoms with Crippen molar-refractivity contribution in [3.8, 4) is 11.5 Å². The highest BCUT2D eigenvalue weighted by Crippen LogP contribution is 2.30. The summed E-state index contributed by atoms with van der Waals surface area (Å²) in [6.07, 6.45) is 5.94. The van der Waals surface area contributed by atoms with Crippen LogP contribution in [0.2, 0.25) is 0 Å². The molecule has 144 valence electrons. The Morgan fingerprint density at radius 2 is 1.88 bits per heavy atom. The topological polar surface area (TPSA) is 64.7 Å². The van der Waals surface area contributed by atoms with Crippen LogP contribution in [0.15, 0.2) is 18.2 Å². The Bertz CT molecular complexity index is 498. The van der Waals surface area contributed by atoms with E-state index in [1.165, 1.54) is 12.8 Å². The van der Waals surface area contributed by atoms with Gasteiger partial charge in [0, 0.05) is 5.54 Å². The minimum absolute atomic E-state index is 0.00964. The van der Waals surface area contributed by atoms with Crippen molar-refractivity contribution >= 4 is 0 Å². The van der Waals surface area contributed by atoms with Crippen molar-refractivity contribution in [1.29, 1.82) is 0 Å². The molecule has 1 aromatic carbocycles. The van der Waals surface area contributed by atoms with E-state index in [9.17, 15) is 5.11 Å². The molecule has 0 fully saturated rings. The number of hydrogen-bond acceptors (Lipinski definition) is 4. The summed E-state index contributed by atoms with van der Waals surface area (Å²) in [6, 6.07) is 6.06. The molecule has 0 bridgehead atoms. The molecule has 0 saturated carbocycles. The molecule has 3 N–H and O–H groups in total. The lowest BCUT2D eigenvalue weighted by atomic mass is 9.90. The van der Waals surface area contributed by atoms with Gasteiger partial charge in [0.1, 0.15) is 0 Å². The number of hydrogen-bond donors (Lipinski definition) is 2. The van der Waals surface area contributed by atoms with Crippen LogP contribution in [0.5, 0.6) is 11.5 Å². The third-order valence-corrected chi connectivity index (χ3v) is 4.88. The quantitative estimate of drug-likeness (QED) is 0.588. The maximum Gasteiger partial charge on any atom is 0.161 e. The molecule has 0 aliphatic heterocycles. The van der Waals surface area contributed by atoms with Gasteiger partial charge in [-0.05, 0) is 62.6 Å². The third kappa shape index (κ3) is 7.66. The number of aliphatic hydroxyl groups is 1. The van der Waals surface area contributed by atoms with Crippen LogP contribution >= 0.6 is 0 Å². The zero-order valence-corrected chi connectivity index (χ0v) is 16.7. The number of nitrogens with two attached hydrogens (primary N) is 1. The van der Waals surface area contributed by atoms with Crippen molar-refractivity contribution in [2.75, 3.05) is 13.7 Å². The molecule has 0 heterocycles. The highest BCUT2D eigenvalue weighted by molar-refractivity contribution is 5.43. The van der Waals surface area contributed by atoms with E-state index in [2.05, 4.69) is 26.8 Å². The van der Waals surface area contributed by atoms with Crippen molar-refractivity contribution in [3.05, 3.63) is 23.8 Å². The normalized spacial score (nSPS) is 15.0. The first-order chi connectivity index (χ1) is 11.8. The lowest BCUT2D eigenvalue weighted by Crippen LogP contribution is -2.43. The average Bonchev–Trinajstić information content (AvgIpc) is 2.60. The predicted octanol–water partition coefficient (Wildman–Crippen LogP) is 4.32. The zero-order valence-electron chi connectivity index (χ0n) is 16.7. The molecule has 0 radical (unpaired) electrons. The third-order valence-electron chi connectivity index (χ3n) is 4.88. The molecule has 2 atom stereocenters. The largest absolute Gasteiger partial charge is 0.493 e. The van der Waals surface area contributed by atoms with E-state index in [1.807, 2.05) is 19.1 Å². The van der Waals surface area contributed by atoms with Gasteiger partial charge >= 0.3 is 0 Å². The van der Waals surface area contributed by atoms with Gasteiger partial charge in [-0.15, -0.1) is 0 Å². The maximum absolute atomic E-state index is 9.44. The summed E-state index contributed by atoms with van der Waals surface area (Å²) in [7, 11) is 1.67. The van der Waals surface area contributed by atoms with Gasteiger partial charge < -0.3 is 20.3 Å². The van der Waals surface area contributed by atoms with Gasteiger partial charge in [0.2, 0.25) is 0 Å². The molecule has 25 heavy (non-hydrogen) atoms. The summed E-state index contributed by atoms with van der Waals surface area (Å²) in [5, 5.41) is 9.44. The number of methoxy groups -OCH3 is 1. The molecule has 0 saturated heterocycles. The van der Waals surface area contributed by atoms with Crippen molar-refractivity contribution in [2.24, 2.45) is 11.7 Å². The smallest absolute Gasteiger partial charge is 0.161 e. The summed E-state index contributed by atoms with van der Waals surface area (Å²) in [4.78, 5) is 0. The van der Waals surface area contributed by atoms with E-state index in [0.29, 0.717) is 0 Å². The Morgan fingerprint density at radius 3 is 2.44 bits per heavy atom. The van der Waals surface area contributed by atoms with Crippen molar-refractivity contribution < 1.29 is 14.6 Å². The van der Waals surface area contributed by atoms with Gasteiger partial charge in [-0.3, -0.25) is 0 Å². The van der Waals surface area contributed by atoms with E-state index in [4.69, 9.17) is 15.2 Å². The monoisotopic (exact) mass is 351 g/mol. The van der Waals surface area contributed by atoms with Crippen LogP contribution in [0, 0.1) is 5.92 Å². The minimum Gasteiger partial charge on any atom is -0.493 e. The molecule has 4 heteroatoms. The van der Waals surface area contributed by atoms with Gasteiger partial charge in [0.15, 0.2) is 11.5 Å². The Hall–Kier alpha value is -1.26. The van der Waals surface area contributed by atoms with Crippen LogP contribution in [0.4, 0.5) is 0 Å². The molecule has 0 aliphatic rings. The van der Waals surface area contributed by atoms with Crippen LogP contribution in [0.1, 0.15) is 65.4 Å². The summed E-state index contributed by atoms with van der Waals surface area (Å²) >= 11 is 0. The van der Waals surface area contributed by atoms with Gasteiger partial charge in [-0.1, -0.05) is 33.3 Å². The first-order valence-electron chi connectivity index (χ1n) is 9.57. The zero-order chi connectivity index (χ0) is 18.9. The van der Waals surface area contributed by atoms with E-state index in [0.717, 1.165) is 48.7 Å². The first kappa shape index (κ1) is 21.8. The van der Waals surface area contributed by atoms with Gasteiger partial charge in [-0.25, -0.2) is 0 Å². The second-order valence-corrected chi connectivity index (χ2v) is 7.61. The predicted molar refractivity (Wildman–Crippen MR) is 104 cm³/mol. The summed E-state index contributed by atoms with van der Waals surface area (Å²) < 4.78 is 11.6. The standard InChI is InChI=1S/C21H37NO3/c1-6-21(22,15-23)13-12-18-10-11-19(20(14-18)24-5)25-17(4)9-7-8-16(2)3/h10-11,14,16-17,23H,6-9,12-13,15,22H2,1-5H3. The molecule has 4 nitrogen and oxygen atoms in total. The van der Waals surface area contributed by atoms with Crippen LogP contribution < -0.4 is 15.2 Å². The molecule has 2 unspecified atom stereocenters. The molecular weight excluding hydrogens is 314 g/mol. The van der Waals surface area contributed by atoms with Gasteiger partial charge in [-0.2, -0.15) is 0 Å². The van der Waals surface area contributed by atoms with Crippen LogP contribution in [0.3, 0.4) is 0 Å². The van der Waals surface area contributed by atoms with E-state index in [-0.39, 0.29) is 12.7 Å². The first-order valence-corrected chi connectivity index (χ1v) is 9.57. The highest BCUT2D eigenvalue weighted by Gasteiger charge is 2.21. The van der Waals surface area contributed by atoms with E-state index < -0.39 is 5.54 Å². The fourth-order valence-corrected chi connectivity index (χ4v) is 2.82. The van der Waals surface area contributed by atoms with Crippen LogP contribution in [-0.2, 0) is 6.42 Å². The van der Waals surface area contributed by atoms with Crippen molar-refractivity contribution in [1.82, 2.24) is 0 Å². The lowest BCUT2D eigenvalue weighted by molar-refractivity contribution is 0.182. The molecule has 1 rings (SSSR count). The number of ether oxygens (including phenoxy) is 2. The second-order valence-electron chi connectivity index (χ2n) is 7.61. The fourth-order valence-electron chi connectivity index (χ4n) is 2.82. The van der Waals surface area contributed by atoms with Gasteiger partial charge in [0.05, 0.1) is 19.8 Å². The SMILES string of the molecule is CCC(N)(CO)CCc1ccc(OC(C)CCCC(C)C)c(OC)c1. The molecule has 0 spiro atoms. The molecule has 0 aromatic heterocycles. The van der Waals surface area contributed by atoms with Crippen LogP contribution in [0.25, 0.3) is 0 Å². The number of rotatable bonds is 12. The molecule has 0 amide bonds. The molecular formula is C21H37NO3. The number of aryl methyl sites for hydroxylation is 1. The average molecular weight is 352 g/mol. The van der Waals surface area contributed by atoms with Crippen molar-refractivity contribution in [2.45, 2.75) is 77.9 Å². The second kappa shape index (κ2) is 10.7. The molecule has 1 aromatic rings. The van der Waals surface area contributed by atoms with E-state index in [1.54, 1.807) is 7.11 Å². The Labute approximate surface area is 153 Å². The Kier molecular flexibility index (Phi) is 9.30. The minimum atomic E-state index is -0.507. The molecule has 0 aliphatic carbocycles. The number of aliphatic hydroxyl groups excluding tert-OH is 1. The summed E-state index contributed by atoms with van der Waals surface area (Å²) in [5.74, 6) is 2.29.